The second-order valence-electron chi connectivity index (χ2n) is 4.50. The van der Waals surface area contributed by atoms with Crippen LogP contribution in [0, 0.1) is 0 Å². The number of aromatic nitrogens is 4. The summed E-state index contributed by atoms with van der Waals surface area (Å²) in [5.74, 6) is -0.101. The van der Waals surface area contributed by atoms with Gasteiger partial charge in [-0.05, 0) is 0 Å². The van der Waals surface area contributed by atoms with E-state index in [1.807, 2.05) is 0 Å². The van der Waals surface area contributed by atoms with Crippen molar-refractivity contribution in [3.05, 3.63) is 16.7 Å². The minimum Gasteiger partial charge on any atom is -0.412 e. The van der Waals surface area contributed by atoms with E-state index >= 15 is 0 Å². The number of nitrogen functional groups attached to an aromatic ring is 1. The van der Waals surface area contributed by atoms with E-state index in [2.05, 4.69) is 15.0 Å². The third kappa shape index (κ3) is 2.26. The van der Waals surface area contributed by atoms with E-state index in [-0.39, 0.29) is 22.6 Å². The van der Waals surface area contributed by atoms with Crippen LogP contribution in [0.25, 0.3) is 11.2 Å². The quantitative estimate of drug-likeness (QED) is 0.377. The molecule has 11 nitrogen and oxygen atoms in total. The predicted octanol–water partition coefficient (Wildman–Crippen LogP) is -3.51. The van der Waals surface area contributed by atoms with Gasteiger partial charge in [0.2, 0.25) is 5.95 Å². The van der Waals surface area contributed by atoms with Gasteiger partial charge in [0, 0.05) is 0 Å². The van der Waals surface area contributed by atoms with Crippen LogP contribution >= 0.6 is 0 Å². The van der Waals surface area contributed by atoms with Gasteiger partial charge in [0.1, 0.15) is 18.3 Å². The van der Waals surface area contributed by atoms with E-state index in [9.17, 15) is 15.0 Å². The molecule has 8 N–H and O–H groups in total. The zero-order chi connectivity index (χ0) is 14.4. The number of anilines is 1. The average molecular weight is 301 g/mol. The minimum absolute atomic E-state index is 0. The number of ether oxygens (including phenoxy) is 1. The number of hydrogen-bond acceptors (Lipinski definition) is 8. The number of imidazole rings is 1. The number of nitrogens with two attached hydrogens (primary N) is 1. The van der Waals surface area contributed by atoms with Crippen molar-refractivity contribution in [2.75, 3.05) is 12.3 Å². The van der Waals surface area contributed by atoms with Crippen molar-refractivity contribution in [3.63, 3.8) is 0 Å². The van der Waals surface area contributed by atoms with Crippen molar-refractivity contribution >= 4 is 17.1 Å². The topological polar surface area (TPSA) is 191 Å². The summed E-state index contributed by atoms with van der Waals surface area (Å²) in [5, 5.41) is 28.7. The van der Waals surface area contributed by atoms with Crippen molar-refractivity contribution in [2.45, 2.75) is 24.5 Å². The minimum atomic E-state index is -1.29. The van der Waals surface area contributed by atoms with Crippen molar-refractivity contribution in [3.8, 4) is 0 Å². The molecule has 4 atom stereocenters. The van der Waals surface area contributed by atoms with Crippen LogP contribution in [-0.2, 0) is 4.74 Å². The fourth-order valence-corrected chi connectivity index (χ4v) is 2.24. The number of aliphatic hydroxyl groups excluding tert-OH is 3. The third-order valence-electron chi connectivity index (χ3n) is 3.24. The maximum absolute atomic E-state index is 11.7. The average Bonchev–Trinajstić information content (AvgIpc) is 2.93. The summed E-state index contributed by atoms with van der Waals surface area (Å²) < 4.78 is 6.64. The summed E-state index contributed by atoms with van der Waals surface area (Å²) in [4.78, 5) is 21.8. The Bertz CT molecular complexity index is 699. The molecule has 1 aliphatic heterocycles. The molecule has 2 aromatic rings. The van der Waals surface area contributed by atoms with Gasteiger partial charge in [0.25, 0.3) is 5.56 Å². The number of H-pyrrole nitrogens is 1. The first-order valence-electron chi connectivity index (χ1n) is 5.87. The largest absolute Gasteiger partial charge is 0.412 e. The Morgan fingerprint density at radius 2 is 2.14 bits per heavy atom. The smallest absolute Gasteiger partial charge is 0.280 e. The van der Waals surface area contributed by atoms with Crippen LogP contribution in [-0.4, -0.2) is 65.2 Å². The van der Waals surface area contributed by atoms with Gasteiger partial charge in [-0.15, -0.1) is 0 Å². The SMILES string of the molecule is Nc1nc2c(ncn2C2OC(CO)C(O)C2O)c(=O)[nH]1.O. The fourth-order valence-electron chi connectivity index (χ4n) is 2.24. The van der Waals surface area contributed by atoms with E-state index in [4.69, 9.17) is 15.6 Å². The number of aromatic amines is 1. The molecule has 0 saturated carbocycles. The van der Waals surface area contributed by atoms with Crippen molar-refractivity contribution < 1.29 is 25.5 Å². The number of aliphatic hydroxyl groups is 3. The van der Waals surface area contributed by atoms with Crippen LogP contribution in [0.4, 0.5) is 5.95 Å². The molecular formula is C10H15N5O6. The lowest BCUT2D eigenvalue weighted by Gasteiger charge is -2.16. The number of hydrogen-bond donors (Lipinski definition) is 5. The van der Waals surface area contributed by atoms with E-state index in [1.165, 1.54) is 10.9 Å². The zero-order valence-corrected chi connectivity index (χ0v) is 10.7. The van der Waals surface area contributed by atoms with Crippen molar-refractivity contribution in [1.29, 1.82) is 0 Å². The monoisotopic (exact) mass is 301 g/mol. The van der Waals surface area contributed by atoms with E-state index < -0.39 is 36.7 Å². The lowest BCUT2D eigenvalue weighted by atomic mass is 10.1. The lowest BCUT2D eigenvalue weighted by molar-refractivity contribution is -0.0511. The Balaban J connectivity index is 0.00000161. The van der Waals surface area contributed by atoms with Gasteiger partial charge in [-0.25, -0.2) is 4.98 Å². The Kier molecular flexibility index (Phi) is 3.93. The maximum Gasteiger partial charge on any atom is 0.280 e. The first-order valence-corrected chi connectivity index (χ1v) is 5.87. The van der Waals surface area contributed by atoms with E-state index in [1.54, 1.807) is 0 Å². The van der Waals surface area contributed by atoms with E-state index in [0.29, 0.717) is 0 Å². The molecule has 21 heavy (non-hydrogen) atoms. The molecule has 11 heteroatoms. The number of nitrogens with zero attached hydrogens (tertiary/aromatic N) is 3. The molecule has 0 radical (unpaired) electrons. The van der Waals surface area contributed by atoms with Gasteiger partial charge in [-0.3, -0.25) is 14.3 Å². The Hall–Kier alpha value is -2.05. The first-order chi connectivity index (χ1) is 9.52. The molecule has 116 valence electrons. The molecule has 4 unspecified atom stereocenters. The van der Waals surface area contributed by atoms with Gasteiger partial charge in [-0.1, -0.05) is 0 Å². The van der Waals surface area contributed by atoms with Crippen LogP contribution in [0.15, 0.2) is 11.1 Å². The van der Waals surface area contributed by atoms with Gasteiger partial charge in [0.05, 0.1) is 12.9 Å². The van der Waals surface area contributed by atoms with Crippen LogP contribution < -0.4 is 11.3 Å². The van der Waals surface area contributed by atoms with Gasteiger partial charge >= 0.3 is 0 Å². The summed E-state index contributed by atoms with van der Waals surface area (Å²) in [6.45, 7) is -0.447. The van der Waals surface area contributed by atoms with Crippen molar-refractivity contribution in [2.24, 2.45) is 0 Å². The highest BCUT2D eigenvalue weighted by Crippen LogP contribution is 2.30. The molecule has 0 spiro atoms. The molecule has 0 amide bonds. The highest BCUT2D eigenvalue weighted by Gasteiger charge is 2.44. The summed E-state index contributed by atoms with van der Waals surface area (Å²) in [6, 6.07) is 0. The zero-order valence-electron chi connectivity index (χ0n) is 10.7. The molecule has 3 heterocycles. The number of nitrogens with one attached hydrogen (secondary N) is 1. The molecule has 1 aliphatic rings. The highest BCUT2D eigenvalue weighted by atomic mass is 16.6. The van der Waals surface area contributed by atoms with Gasteiger partial charge < -0.3 is 31.3 Å². The molecule has 1 fully saturated rings. The Morgan fingerprint density at radius 3 is 2.76 bits per heavy atom. The fraction of sp³-hybridized carbons (Fsp3) is 0.500. The van der Waals surface area contributed by atoms with Crippen LogP contribution in [0.3, 0.4) is 0 Å². The van der Waals surface area contributed by atoms with Gasteiger partial charge in [-0.2, -0.15) is 4.98 Å². The molecule has 0 aromatic carbocycles. The second-order valence-corrected chi connectivity index (χ2v) is 4.50. The van der Waals surface area contributed by atoms with Crippen LogP contribution in [0.5, 0.6) is 0 Å². The Morgan fingerprint density at radius 1 is 1.43 bits per heavy atom. The normalized spacial score (nSPS) is 28.7. The molecular weight excluding hydrogens is 286 g/mol. The molecule has 0 bridgehead atoms. The first kappa shape index (κ1) is 15.3. The standard InChI is InChI=1S/C10H13N5O5.H2O/c11-10-13-7-4(8(19)14-10)12-2-15(7)9-6(18)5(17)3(1-16)20-9;/h2-3,5-6,9,16-18H,1H2,(H3,11,13,14,19);1H2. The summed E-state index contributed by atoms with van der Waals surface area (Å²) in [5.41, 5.74) is 5.12. The number of rotatable bonds is 2. The van der Waals surface area contributed by atoms with E-state index in [0.717, 1.165) is 0 Å². The maximum atomic E-state index is 11.7. The molecule has 1 saturated heterocycles. The van der Waals surface area contributed by atoms with Crippen molar-refractivity contribution in [1.82, 2.24) is 19.5 Å². The summed E-state index contributed by atoms with van der Waals surface area (Å²) >= 11 is 0. The van der Waals surface area contributed by atoms with Crippen LogP contribution in [0.1, 0.15) is 6.23 Å². The predicted molar refractivity (Wildman–Crippen MR) is 69.2 cm³/mol. The third-order valence-corrected chi connectivity index (χ3v) is 3.24. The number of fused-ring (bicyclic) bond motifs is 1. The molecule has 3 rings (SSSR count). The summed E-state index contributed by atoms with van der Waals surface area (Å²) in [7, 11) is 0. The van der Waals surface area contributed by atoms with Crippen LogP contribution in [0.2, 0.25) is 0 Å². The summed E-state index contributed by atoms with van der Waals surface area (Å²) in [6.07, 6.45) is -3.21. The highest BCUT2D eigenvalue weighted by molar-refractivity contribution is 5.70. The second kappa shape index (κ2) is 5.38. The Labute approximate surface area is 116 Å². The van der Waals surface area contributed by atoms with Gasteiger partial charge in [0.15, 0.2) is 17.4 Å². The molecule has 0 aliphatic carbocycles. The lowest BCUT2D eigenvalue weighted by Crippen LogP contribution is -2.33. The molecule has 2 aromatic heterocycles.